The Kier molecular flexibility index (Phi) is 4.94. The van der Waals surface area contributed by atoms with E-state index in [0.717, 1.165) is 42.3 Å². The SMILES string of the molecule is CCC(C(N)=S)N1CCN(c2nc(Br)cs2)CC1. The Morgan fingerprint density at radius 3 is 2.67 bits per heavy atom. The molecule has 1 fully saturated rings. The van der Waals surface area contributed by atoms with Crippen molar-refractivity contribution < 1.29 is 0 Å². The summed E-state index contributed by atoms with van der Waals surface area (Å²) in [6.07, 6.45) is 0.984. The molecule has 0 saturated carbocycles. The second-order valence-corrected chi connectivity index (χ2v) is 6.42. The fourth-order valence-corrected chi connectivity index (χ4v) is 3.87. The maximum atomic E-state index is 5.79. The molecule has 4 nitrogen and oxygen atoms in total. The number of piperazine rings is 1. The van der Waals surface area contributed by atoms with Gasteiger partial charge in [-0.15, -0.1) is 11.3 Å². The lowest BCUT2D eigenvalue weighted by Gasteiger charge is -2.38. The minimum atomic E-state index is 0.241. The minimum Gasteiger partial charge on any atom is -0.392 e. The van der Waals surface area contributed by atoms with Gasteiger partial charge in [0.15, 0.2) is 5.13 Å². The first-order valence-corrected chi connectivity index (χ1v) is 8.09. The normalized spacial score (nSPS) is 18.9. The largest absolute Gasteiger partial charge is 0.392 e. The number of nitrogens with zero attached hydrogens (tertiary/aromatic N) is 3. The third kappa shape index (κ3) is 3.20. The highest BCUT2D eigenvalue weighted by Crippen LogP contribution is 2.25. The van der Waals surface area contributed by atoms with Crippen LogP contribution in [0.15, 0.2) is 9.98 Å². The van der Waals surface area contributed by atoms with Gasteiger partial charge in [0.1, 0.15) is 4.60 Å². The zero-order valence-corrected chi connectivity index (χ0v) is 13.5. The number of hydrogen-bond donors (Lipinski definition) is 1. The van der Waals surface area contributed by atoms with Crippen molar-refractivity contribution in [2.45, 2.75) is 19.4 Å². The van der Waals surface area contributed by atoms with Crippen LogP contribution in [-0.4, -0.2) is 47.1 Å². The number of thiocarbonyl (C=S) groups is 1. The number of aromatic nitrogens is 1. The zero-order chi connectivity index (χ0) is 13.1. The summed E-state index contributed by atoms with van der Waals surface area (Å²) in [5, 5.41) is 3.11. The molecule has 7 heteroatoms. The number of anilines is 1. The molecule has 1 unspecified atom stereocenters. The first-order valence-electron chi connectivity index (χ1n) is 6.01. The van der Waals surface area contributed by atoms with Gasteiger partial charge in [-0.2, -0.15) is 0 Å². The van der Waals surface area contributed by atoms with Gasteiger partial charge in [0.2, 0.25) is 0 Å². The smallest absolute Gasteiger partial charge is 0.186 e. The van der Waals surface area contributed by atoms with Crippen molar-refractivity contribution >= 4 is 49.6 Å². The maximum Gasteiger partial charge on any atom is 0.186 e. The van der Waals surface area contributed by atoms with Crippen molar-refractivity contribution in [1.82, 2.24) is 9.88 Å². The molecule has 0 aromatic carbocycles. The van der Waals surface area contributed by atoms with E-state index < -0.39 is 0 Å². The predicted molar refractivity (Wildman–Crippen MR) is 84.5 cm³/mol. The molecule has 100 valence electrons. The first kappa shape index (κ1) is 14.2. The van der Waals surface area contributed by atoms with Crippen LogP contribution in [0, 0.1) is 0 Å². The molecular formula is C11H17BrN4S2. The fourth-order valence-electron chi connectivity index (χ4n) is 2.25. The molecule has 0 amide bonds. The standard InChI is InChI=1S/C11H17BrN4S2/c1-2-8(10(13)17)15-3-5-16(6-4-15)11-14-9(12)7-18-11/h7-8H,2-6H2,1H3,(H2,13,17). The van der Waals surface area contributed by atoms with E-state index >= 15 is 0 Å². The van der Waals surface area contributed by atoms with E-state index in [2.05, 4.69) is 37.6 Å². The number of halogens is 1. The van der Waals surface area contributed by atoms with Crippen LogP contribution in [0.2, 0.25) is 0 Å². The summed E-state index contributed by atoms with van der Waals surface area (Å²) in [5.74, 6) is 0. The Hall–Kier alpha value is -0.240. The van der Waals surface area contributed by atoms with E-state index in [4.69, 9.17) is 18.0 Å². The van der Waals surface area contributed by atoms with E-state index in [1.54, 1.807) is 11.3 Å². The molecule has 2 heterocycles. The number of nitrogens with two attached hydrogens (primary N) is 1. The van der Waals surface area contributed by atoms with Crippen LogP contribution in [0.5, 0.6) is 0 Å². The lowest BCUT2D eigenvalue weighted by molar-refractivity contribution is 0.224. The van der Waals surface area contributed by atoms with Gasteiger partial charge in [-0.05, 0) is 22.4 Å². The van der Waals surface area contributed by atoms with Crippen LogP contribution in [0.3, 0.4) is 0 Å². The summed E-state index contributed by atoms with van der Waals surface area (Å²) in [6.45, 7) is 6.09. The molecule has 0 radical (unpaired) electrons. The van der Waals surface area contributed by atoms with Crippen molar-refractivity contribution in [3.05, 3.63) is 9.98 Å². The second kappa shape index (κ2) is 6.27. The maximum absolute atomic E-state index is 5.79. The van der Waals surface area contributed by atoms with E-state index in [-0.39, 0.29) is 6.04 Å². The van der Waals surface area contributed by atoms with Gasteiger partial charge in [-0.3, -0.25) is 4.90 Å². The van der Waals surface area contributed by atoms with Gasteiger partial charge in [0, 0.05) is 31.6 Å². The van der Waals surface area contributed by atoms with E-state index in [1.807, 2.05) is 5.38 Å². The van der Waals surface area contributed by atoms with E-state index in [1.165, 1.54) is 0 Å². The van der Waals surface area contributed by atoms with Gasteiger partial charge in [-0.1, -0.05) is 19.1 Å². The van der Waals surface area contributed by atoms with Gasteiger partial charge < -0.3 is 10.6 Å². The highest BCUT2D eigenvalue weighted by molar-refractivity contribution is 9.10. The third-order valence-corrected chi connectivity index (χ3v) is 5.09. The fraction of sp³-hybridized carbons (Fsp3) is 0.636. The molecule has 1 aromatic heterocycles. The van der Waals surface area contributed by atoms with Gasteiger partial charge >= 0.3 is 0 Å². The zero-order valence-electron chi connectivity index (χ0n) is 10.3. The Morgan fingerprint density at radius 1 is 1.56 bits per heavy atom. The number of hydrogen-bond acceptors (Lipinski definition) is 5. The van der Waals surface area contributed by atoms with Crippen LogP contribution in [0.25, 0.3) is 0 Å². The minimum absolute atomic E-state index is 0.241. The molecule has 0 bridgehead atoms. The van der Waals surface area contributed by atoms with Crippen LogP contribution >= 0.6 is 39.5 Å². The highest BCUT2D eigenvalue weighted by atomic mass is 79.9. The van der Waals surface area contributed by atoms with Crippen molar-refractivity contribution in [3.63, 3.8) is 0 Å². The lowest BCUT2D eigenvalue weighted by atomic mass is 10.1. The number of thiazole rings is 1. The highest BCUT2D eigenvalue weighted by Gasteiger charge is 2.25. The summed E-state index contributed by atoms with van der Waals surface area (Å²) in [6, 6.07) is 0.241. The van der Waals surface area contributed by atoms with Crippen molar-refractivity contribution in [2.75, 3.05) is 31.1 Å². The van der Waals surface area contributed by atoms with Gasteiger partial charge in [0.25, 0.3) is 0 Å². The molecule has 1 aromatic rings. The second-order valence-electron chi connectivity index (χ2n) is 4.30. The summed E-state index contributed by atoms with van der Waals surface area (Å²) in [4.78, 5) is 9.76. The molecule has 0 spiro atoms. The molecule has 1 saturated heterocycles. The monoisotopic (exact) mass is 348 g/mol. The van der Waals surface area contributed by atoms with E-state index in [0.29, 0.717) is 4.99 Å². The predicted octanol–water partition coefficient (Wildman–Crippen LogP) is 2.09. The Morgan fingerprint density at radius 2 is 2.22 bits per heavy atom. The molecule has 2 N–H and O–H groups in total. The summed E-state index contributed by atoms with van der Waals surface area (Å²) >= 11 is 10.2. The molecule has 1 atom stereocenters. The molecule has 1 aliphatic heterocycles. The van der Waals surface area contributed by atoms with Crippen molar-refractivity contribution in [3.8, 4) is 0 Å². The van der Waals surface area contributed by atoms with Crippen LogP contribution in [-0.2, 0) is 0 Å². The van der Waals surface area contributed by atoms with Gasteiger partial charge in [0.05, 0.1) is 11.0 Å². The average molecular weight is 349 g/mol. The van der Waals surface area contributed by atoms with Crippen LogP contribution in [0.4, 0.5) is 5.13 Å². The lowest BCUT2D eigenvalue weighted by Crippen LogP contribution is -2.53. The van der Waals surface area contributed by atoms with Crippen molar-refractivity contribution in [1.29, 1.82) is 0 Å². The van der Waals surface area contributed by atoms with E-state index in [9.17, 15) is 0 Å². The third-order valence-electron chi connectivity index (χ3n) is 3.20. The molecule has 18 heavy (non-hydrogen) atoms. The molecular weight excluding hydrogens is 332 g/mol. The first-order chi connectivity index (χ1) is 8.61. The topological polar surface area (TPSA) is 45.4 Å². The Labute approximate surface area is 125 Å². The van der Waals surface area contributed by atoms with Crippen LogP contribution in [0.1, 0.15) is 13.3 Å². The summed E-state index contributed by atoms with van der Waals surface area (Å²) in [5.41, 5.74) is 5.79. The molecule has 0 aliphatic carbocycles. The summed E-state index contributed by atoms with van der Waals surface area (Å²) < 4.78 is 0.916. The summed E-state index contributed by atoms with van der Waals surface area (Å²) in [7, 11) is 0. The van der Waals surface area contributed by atoms with Crippen LogP contribution < -0.4 is 10.6 Å². The Balaban J connectivity index is 1.93. The molecule has 2 rings (SSSR count). The Bertz CT molecular complexity index is 415. The quantitative estimate of drug-likeness (QED) is 0.844. The molecule has 1 aliphatic rings. The van der Waals surface area contributed by atoms with Gasteiger partial charge in [-0.25, -0.2) is 4.98 Å². The average Bonchev–Trinajstić information content (AvgIpc) is 2.77. The van der Waals surface area contributed by atoms with Crippen molar-refractivity contribution in [2.24, 2.45) is 5.73 Å². The number of rotatable bonds is 4.